The topological polar surface area (TPSA) is 46.9 Å². The Bertz CT molecular complexity index is 479. The molecule has 7 heteroatoms. The van der Waals surface area contributed by atoms with Gasteiger partial charge >= 0.3 is 6.18 Å². The van der Waals surface area contributed by atoms with Crippen LogP contribution in [0.3, 0.4) is 0 Å². The van der Waals surface area contributed by atoms with Gasteiger partial charge in [-0.2, -0.15) is 13.2 Å². The van der Waals surface area contributed by atoms with Crippen LogP contribution < -0.4 is 5.32 Å². The number of rotatable bonds is 3. The molecule has 0 saturated heterocycles. The van der Waals surface area contributed by atoms with Gasteiger partial charge < -0.3 is 9.88 Å². The number of carbonyl (C=O) groups is 1. The average molecular weight is 275 g/mol. The number of fused-ring (bicyclic) bond motifs is 1. The zero-order valence-corrected chi connectivity index (χ0v) is 10.7. The van der Waals surface area contributed by atoms with Crippen LogP contribution >= 0.6 is 0 Å². The second kappa shape index (κ2) is 5.22. The summed E-state index contributed by atoms with van der Waals surface area (Å²) in [6, 6.07) is 0. The molecule has 1 amide bonds. The van der Waals surface area contributed by atoms with E-state index < -0.39 is 18.6 Å². The number of carbonyl (C=O) groups excluding carboxylic acids is 1. The van der Waals surface area contributed by atoms with Crippen molar-refractivity contribution in [2.45, 2.75) is 45.3 Å². The van der Waals surface area contributed by atoms with Crippen molar-refractivity contribution in [1.82, 2.24) is 14.9 Å². The second-order valence-electron chi connectivity index (χ2n) is 4.74. The number of nitrogens with zero attached hydrogens (tertiary/aromatic N) is 2. The van der Waals surface area contributed by atoms with Crippen molar-refractivity contribution < 1.29 is 18.0 Å². The monoisotopic (exact) mass is 275 g/mol. The Morgan fingerprint density at radius 3 is 2.74 bits per heavy atom. The molecule has 0 spiro atoms. The summed E-state index contributed by atoms with van der Waals surface area (Å²) in [6.07, 6.45) is -0.554. The molecule has 106 valence electrons. The summed E-state index contributed by atoms with van der Waals surface area (Å²) in [5.74, 6) is 0.0558. The van der Waals surface area contributed by atoms with Gasteiger partial charge in [-0.05, 0) is 32.6 Å². The molecule has 0 bridgehead atoms. The molecule has 1 aliphatic carbocycles. The van der Waals surface area contributed by atoms with Crippen LogP contribution in [0.25, 0.3) is 0 Å². The largest absolute Gasteiger partial charge is 0.405 e. The van der Waals surface area contributed by atoms with Crippen LogP contribution in [-0.4, -0.2) is 28.2 Å². The van der Waals surface area contributed by atoms with E-state index in [4.69, 9.17) is 0 Å². The lowest BCUT2D eigenvalue weighted by atomic mass is 10.0. The fraction of sp³-hybridized carbons (Fsp3) is 0.667. The molecule has 1 heterocycles. The third kappa shape index (κ3) is 3.48. The maximum Gasteiger partial charge on any atom is 0.405 e. The van der Waals surface area contributed by atoms with Crippen LogP contribution in [0.5, 0.6) is 0 Å². The van der Waals surface area contributed by atoms with Gasteiger partial charge in [0.05, 0.1) is 5.69 Å². The molecule has 0 aliphatic heterocycles. The van der Waals surface area contributed by atoms with Crippen LogP contribution in [-0.2, 0) is 24.2 Å². The molecule has 0 fully saturated rings. The van der Waals surface area contributed by atoms with Crippen molar-refractivity contribution in [3.63, 3.8) is 0 Å². The number of hydrogen-bond donors (Lipinski definition) is 1. The van der Waals surface area contributed by atoms with Crippen LogP contribution in [0, 0.1) is 6.92 Å². The van der Waals surface area contributed by atoms with E-state index in [2.05, 4.69) is 4.98 Å². The summed E-state index contributed by atoms with van der Waals surface area (Å²) in [4.78, 5) is 15.9. The van der Waals surface area contributed by atoms with Crippen molar-refractivity contribution in [2.24, 2.45) is 0 Å². The summed E-state index contributed by atoms with van der Waals surface area (Å²) in [6.45, 7) is 0.390. The number of amides is 1. The highest BCUT2D eigenvalue weighted by Crippen LogP contribution is 2.22. The number of hydrogen-bond acceptors (Lipinski definition) is 2. The van der Waals surface area contributed by atoms with Crippen LogP contribution in [0.2, 0.25) is 0 Å². The molecule has 2 rings (SSSR count). The number of aryl methyl sites for hydroxylation is 2. The molecule has 1 aliphatic rings. The molecule has 0 aromatic carbocycles. The highest BCUT2D eigenvalue weighted by Gasteiger charge is 2.28. The van der Waals surface area contributed by atoms with Crippen molar-refractivity contribution in [3.05, 3.63) is 17.2 Å². The molecule has 4 nitrogen and oxygen atoms in total. The van der Waals surface area contributed by atoms with Gasteiger partial charge in [-0.25, -0.2) is 4.98 Å². The predicted molar refractivity (Wildman–Crippen MR) is 62.7 cm³/mol. The molecule has 0 atom stereocenters. The summed E-state index contributed by atoms with van der Waals surface area (Å²) in [5.41, 5.74) is 1.97. The first-order valence-corrected chi connectivity index (χ1v) is 6.25. The van der Waals surface area contributed by atoms with Gasteiger partial charge in [-0.3, -0.25) is 4.79 Å². The normalized spacial score (nSPS) is 15.2. The summed E-state index contributed by atoms with van der Waals surface area (Å²) < 4.78 is 37.8. The summed E-state index contributed by atoms with van der Waals surface area (Å²) >= 11 is 0. The van der Waals surface area contributed by atoms with E-state index in [9.17, 15) is 18.0 Å². The standard InChI is InChI=1S/C12H16F3N3O/c1-8-17-9-4-2-3-5-10(9)18(8)6-11(19)16-7-12(13,14)15/h2-7H2,1H3,(H,16,19). The molecule has 0 radical (unpaired) electrons. The average Bonchev–Trinajstić information content (AvgIpc) is 2.63. The second-order valence-corrected chi connectivity index (χ2v) is 4.74. The lowest BCUT2D eigenvalue weighted by molar-refractivity contribution is -0.138. The fourth-order valence-corrected chi connectivity index (χ4v) is 2.34. The minimum absolute atomic E-state index is 0.0930. The van der Waals surface area contributed by atoms with E-state index in [1.54, 1.807) is 11.5 Å². The van der Waals surface area contributed by atoms with E-state index in [0.717, 1.165) is 37.1 Å². The highest BCUT2D eigenvalue weighted by atomic mass is 19.4. The molecule has 1 aromatic rings. The van der Waals surface area contributed by atoms with Crippen LogP contribution in [0.4, 0.5) is 13.2 Å². The minimum Gasteiger partial charge on any atom is -0.345 e. The van der Waals surface area contributed by atoms with Crippen molar-refractivity contribution >= 4 is 5.91 Å². The molecule has 0 unspecified atom stereocenters. The first kappa shape index (κ1) is 13.9. The van der Waals surface area contributed by atoms with E-state index >= 15 is 0 Å². The molecular weight excluding hydrogens is 259 g/mol. The van der Waals surface area contributed by atoms with Gasteiger partial charge in [0.1, 0.15) is 18.9 Å². The number of imidazole rings is 1. The molecule has 1 N–H and O–H groups in total. The van der Waals surface area contributed by atoms with Gasteiger partial charge in [0, 0.05) is 5.69 Å². The fourth-order valence-electron chi connectivity index (χ4n) is 2.34. The van der Waals surface area contributed by atoms with Gasteiger partial charge in [0.2, 0.25) is 5.91 Å². The minimum atomic E-state index is -4.38. The van der Waals surface area contributed by atoms with E-state index in [0.29, 0.717) is 5.82 Å². The number of aromatic nitrogens is 2. The van der Waals surface area contributed by atoms with E-state index in [-0.39, 0.29) is 6.54 Å². The number of halogens is 3. The smallest absolute Gasteiger partial charge is 0.345 e. The first-order chi connectivity index (χ1) is 8.87. The first-order valence-electron chi connectivity index (χ1n) is 6.25. The Labute approximate surface area is 109 Å². The Morgan fingerprint density at radius 2 is 2.05 bits per heavy atom. The van der Waals surface area contributed by atoms with Crippen LogP contribution in [0.15, 0.2) is 0 Å². The Kier molecular flexibility index (Phi) is 3.82. The number of nitrogens with one attached hydrogen (secondary N) is 1. The SMILES string of the molecule is Cc1nc2c(n1CC(=O)NCC(F)(F)F)CCCC2. The third-order valence-electron chi connectivity index (χ3n) is 3.21. The zero-order valence-electron chi connectivity index (χ0n) is 10.7. The molecule has 19 heavy (non-hydrogen) atoms. The summed E-state index contributed by atoms with van der Waals surface area (Å²) in [5, 5.41) is 1.88. The van der Waals surface area contributed by atoms with Crippen molar-refractivity contribution in [2.75, 3.05) is 6.54 Å². The predicted octanol–water partition coefficient (Wildman–Crippen LogP) is 1.75. The maximum atomic E-state index is 12.0. The Balaban J connectivity index is 2.03. The third-order valence-corrected chi connectivity index (χ3v) is 3.21. The van der Waals surface area contributed by atoms with Crippen molar-refractivity contribution in [1.29, 1.82) is 0 Å². The summed E-state index contributed by atoms with van der Waals surface area (Å²) in [7, 11) is 0. The zero-order chi connectivity index (χ0) is 14.0. The van der Waals surface area contributed by atoms with Crippen LogP contribution in [0.1, 0.15) is 30.1 Å². The lowest BCUT2D eigenvalue weighted by Crippen LogP contribution is -2.36. The van der Waals surface area contributed by atoms with Gasteiger partial charge in [0.25, 0.3) is 0 Å². The molecular formula is C12H16F3N3O. The Morgan fingerprint density at radius 1 is 1.37 bits per heavy atom. The van der Waals surface area contributed by atoms with Gasteiger partial charge in [0.15, 0.2) is 0 Å². The molecule has 0 saturated carbocycles. The van der Waals surface area contributed by atoms with E-state index in [1.165, 1.54) is 0 Å². The van der Waals surface area contributed by atoms with Gasteiger partial charge in [-0.1, -0.05) is 0 Å². The lowest BCUT2D eigenvalue weighted by Gasteiger charge is -2.15. The maximum absolute atomic E-state index is 12.0. The van der Waals surface area contributed by atoms with Gasteiger partial charge in [-0.15, -0.1) is 0 Å². The molecule has 1 aromatic heterocycles. The highest BCUT2D eigenvalue weighted by molar-refractivity contribution is 5.76. The van der Waals surface area contributed by atoms with E-state index in [1.807, 2.05) is 5.32 Å². The number of alkyl halides is 3. The quantitative estimate of drug-likeness (QED) is 0.913. The Hall–Kier alpha value is -1.53. The van der Waals surface area contributed by atoms with Crippen molar-refractivity contribution in [3.8, 4) is 0 Å².